The number of ether oxygens (including phenoxy) is 2. The van der Waals surface area contributed by atoms with Gasteiger partial charge in [0, 0.05) is 18.7 Å². The van der Waals surface area contributed by atoms with Crippen LogP contribution in [0.3, 0.4) is 0 Å². The summed E-state index contributed by atoms with van der Waals surface area (Å²) in [5.41, 5.74) is 0.566. The molecule has 1 aliphatic carbocycles. The molecule has 0 atom stereocenters. The summed E-state index contributed by atoms with van der Waals surface area (Å²) in [6, 6.07) is 3.72. The van der Waals surface area contributed by atoms with E-state index in [4.69, 9.17) is 21.1 Å². The highest BCUT2D eigenvalue weighted by Crippen LogP contribution is 2.40. The lowest BCUT2D eigenvalue weighted by Crippen LogP contribution is -2.36. The van der Waals surface area contributed by atoms with Crippen molar-refractivity contribution in [3.63, 3.8) is 0 Å². The fourth-order valence-corrected chi connectivity index (χ4v) is 3.37. The number of rotatable bonds is 2. The van der Waals surface area contributed by atoms with Gasteiger partial charge in [0.05, 0.1) is 5.02 Å². The normalized spacial score (nSPS) is 18.4. The summed E-state index contributed by atoms with van der Waals surface area (Å²) in [5.74, 6) is 1.09. The number of halogens is 1. The molecular weight excluding hydrogens is 290 g/mol. The lowest BCUT2D eigenvalue weighted by Gasteiger charge is -2.27. The zero-order valence-electron chi connectivity index (χ0n) is 12.2. The van der Waals surface area contributed by atoms with E-state index in [1.165, 1.54) is 25.7 Å². The van der Waals surface area contributed by atoms with Crippen molar-refractivity contribution in [3.8, 4) is 11.5 Å². The maximum absolute atomic E-state index is 12.7. The topological polar surface area (TPSA) is 38.8 Å². The molecule has 0 saturated heterocycles. The molecule has 21 heavy (non-hydrogen) atoms. The molecule has 1 saturated carbocycles. The van der Waals surface area contributed by atoms with Crippen molar-refractivity contribution in [2.45, 2.75) is 44.6 Å². The van der Waals surface area contributed by atoms with Gasteiger partial charge in [-0.25, -0.2) is 0 Å². The highest BCUT2D eigenvalue weighted by atomic mass is 35.5. The lowest BCUT2D eigenvalue weighted by molar-refractivity contribution is 0.0717. The summed E-state index contributed by atoms with van der Waals surface area (Å²) >= 11 is 6.16. The molecule has 3 rings (SSSR count). The Kier molecular flexibility index (Phi) is 4.24. The third-order valence-electron chi connectivity index (χ3n) is 4.37. The van der Waals surface area contributed by atoms with Crippen LogP contribution in [-0.2, 0) is 0 Å². The summed E-state index contributed by atoms with van der Waals surface area (Å²) in [6.07, 6.45) is 7.11. The summed E-state index contributed by atoms with van der Waals surface area (Å²) < 4.78 is 10.6. The number of carbonyl (C=O) groups excluding carboxylic acids is 1. The van der Waals surface area contributed by atoms with Crippen LogP contribution in [0, 0.1) is 0 Å². The Hall–Kier alpha value is -1.42. The van der Waals surface area contributed by atoms with E-state index in [0.29, 0.717) is 28.1 Å². The molecule has 4 nitrogen and oxygen atoms in total. The quantitative estimate of drug-likeness (QED) is 0.779. The first-order valence-electron chi connectivity index (χ1n) is 7.53. The van der Waals surface area contributed by atoms with Crippen LogP contribution >= 0.6 is 11.6 Å². The van der Waals surface area contributed by atoms with Gasteiger partial charge < -0.3 is 14.4 Å². The third kappa shape index (κ3) is 2.95. The molecule has 0 radical (unpaired) electrons. The molecule has 1 amide bonds. The van der Waals surface area contributed by atoms with Crippen LogP contribution in [0.2, 0.25) is 5.02 Å². The summed E-state index contributed by atoms with van der Waals surface area (Å²) in [5, 5.41) is 0.433. The average molecular weight is 310 g/mol. The monoisotopic (exact) mass is 309 g/mol. The molecule has 1 heterocycles. The molecule has 0 unspecified atom stereocenters. The van der Waals surface area contributed by atoms with Crippen molar-refractivity contribution in [1.82, 2.24) is 4.90 Å². The molecule has 0 bridgehead atoms. The van der Waals surface area contributed by atoms with E-state index in [2.05, 4.69) is 0 Å². The summed E-state index contributed by atoms with van der Waals surface area (Å²) in [4.78, 5) is 14.5. The second-order valence-corrected chi connectivity index (χ2v) is 6.16. The number of hydrogen-bond donors (Lipinski definition) is 0. The molecule has 5 heteroatoms. The Morgan fingerprint density at radius 1 is 1.19 bits per heavy atom. The van der Waals surface area contributed by atoms with Crippen LogP contribution in [0.15, 0.2) is 12.1 Å². The zero-order valence-corrected chi connectivity index (χ0v) is 13.0. The predicted octanol–water partition coefficient (Wildman–Crippen LogP) is 3.86. The first-order valence-corrected chi connectivity index (χ1v) is 7.91. The van der Waals surface area contributed by atoms with E-state index in [-0.39, 0.29) is 12.7 Å². The highest BCUT2D eigenvalue weighted by Gasteiger charge is 2.25. The van der Waals surface area contributed by atoms with Crippen molar-refractivity contribution in [1.29, 1.82) is 0 Å². The second-order valence-electron chi connectivity index (χ2n) is 5.75. The average Bonchev–Trinajstić information content (AvgIpc) is 2.80. The fourth-order valence-electron chi connectivity index (χ4n) is 3.11. The van der Waals surface area contributed by atoms with Gasteiger partial charge in [0.2, 0.25) is 6.79 Å². The number of amides is 1. The first-order chi connectivity index (χ1) is 10.2. The molecule has 1 aromatic rings. The molecule has 0 spiro atoms. The predicted molar refractivity (Wildman–Crippen MR) is 81.2 cm³/mol. The Morgan fingerprint density at radius 2 is 1.90 bits per heavy atom. The number of nitrogens with zero attached hydrogens (tertiary/aromatic N) is 1. The largest absolute Gasteiger partial charge is 0.454 e. The summed E-state index contributed by atoms with van der Waals surface area (Å²) in [7, 11) is 1.89. The van der Waals surface area contributed by atoms with E-state index in [9.17, 15) is 4.79 Å². The number of benzene rings is 1. The molecular formula is C16H20ClNO3. The SMILES string of the molecule is CN(C(=O)c1cc(Cl)c2c(c1)OCO2)C1CCCCCC1. The van der Waals surface area contributed by atoms with Gasteiger partial charge in [0.15, 0.2) is 11.5 Å². The van der Waals surface area contributed by atoms with Crippen molar-refractivity contribution in [3.05, 3.63) is 22.7 Å². The van der Waals surface area contributed by atoms with Gasteiger partial charge >= 0.3 is 0 Å². The van der Waals surface area contributed by atoms with Gasteiger partial charge in [-0.1, -0.05) is 37.3 Å². The molecule has 114 valence electrons. The maximum atomic E-state index is 12.7. The minimum atomic E-state index is 0.00194. The first kappa shape index (κ1) is 14.5. The number of fused-ring (bicyclic) bond motifs is 1. The van der Waals surface area contributed by atoms with Crippen molar-refractivity contribution >= 4 is 17.5 Å². The zero-order chi connectivity index (χ0) is 14.8. The van der Waals surface area contributed by atoms with E-state index in [1.54, 1.807) is 12.1 Å². The van der Waals surface area contributed by atoms with E-state index < -0.39 is 0 Å². The Balaban J connectivity index is 1.79. The lowest BCUT2D eigenvalue weighted by atomic mass is 10.1. The Morgan fingerprint density at radius 3 is 2.62 bits per heavy atom. The third-order valence-corrected chi connectivity index (χ3v) is 4.65. The molecule has 0 aromatic heterocycles. The van der Waals surface area contributed by atoms with Crippen LogP contribution in [0.1, 0.15) is 48.9 Å². The van der Waals surface area contributed by atoms with Crippen LogP contribution in [0.5, 0.6) is 11.5 Å². The molecule has 1 fully saturated rings. The number of carbonyl (C=O) groups is 1. The van der Waals surface area contributed by atoms with E-state index in [0.717, 1.165) is 12.8 Å². The molecule has 1 aliphatic heterocycles. The van der Waals surface area contributed by atoms with E-state index >= 15 is 0 Å². The highest BCUT2D eigenvalue weighted by molar-refractivity contribution is 6.32. The van der Waals surface area contributed by atoms with Gasteiger partial charge in [-0.2, -0.15) is 0 Å². The minimum Gasteiger partial charge on any atom is -0.454 e. The number of hydrogen-bond acceptors (Lipinski definition) is 3. The standard InChI is InChI=1S/C16H20ClNO3/c1-18(12-6-4-2-3-5-7-12)16(19)11-8-13(17)15-14(9-11)20-10-21-15/h8-9,12H,2-7,10H2,1H3. The van der Waals surface area contributed by atoms with Crippen molar-refractivity contribution in [2.75, 3.05) is 13.8 Å². The Labute approximate surface area is 130 Å². The van der Waals surface area contributed by atoms with Crippen LogP contribution in [0.25, 0.3) is 0 Å². The van der Waals surface area contributed by atoms with Crippen molar-refractivity contribution in [2.24, 2.45) is 0 Å². The maximum Gasteiger partial charge on any atom is 0.254 e. The second kappa shape index (κ2) is 6.14. The Bertz CT molecular complexity index is 539. The minimum absolute atomic E-state index is 0.00194. The molecule has 2 aliphatic rings. The smallest absolute Gasteiger partial charge is 0.254 e. The van der Waals surface area contributed by atoms with Crippen LogP contribution in [0.4, 0.5) is 0 Å². The molecule has 0 N–H and O–H groups in total. The molecule has 1 aromatic carbocycles. The van der Waals surface area contributed by atoms with Gasteiger partial charge in [-0.15, -0.1) is 0 Å². The summed E-state index contributed by atoms with van der Waals surface area (Å²) in [6.45, 7) is 0.158. The van der Waals surface area contributed by atoms with E-state index in [1.807, 2.05) is 11.9 Å². The van der Waals surface area contributed by atoms with Crippen LogP contribution in [-0.4, -0.2) is 30.7 Å². The van der Waals surface area contributed by atoms with Crippen molar-refractivity contribution < 1.29 is 14.3 Å². The van der Waals surface area contributed by atoms with Gasteiger partial charge in [-0.05, 0) is 25.0 Å². The fraction of sp³-hybridized carbons (Fsp3) is 0.562. The van der Waals surface area contributed by atoms with Gasteiger partial charge in [0.25, 0.3) is 5.91 Å². The van der Waals surface area contributed by atoms with Gasteiger partial charge in [0.1, 0.15) is 0 Å². The van der Waals surface area contributed by atoms with Crippen LogP contribution < -0.4 is 9.47 Å². The van der Waals surface area contributed by atoms with Gasteiger partial charge in [-0.3, -0.25) is 4.79 Å².